The first kappa shape index (κ1) is 14.7. The molecular weight excluding hydrogens is 250 g/mol. The molecule has 0 radical (unpaired) electrons. The highest BCUT2D eigenvalue weighted by atomic mass is 16.5. The van der Waals surface area contributed by atoms with Crippen LogP contribution in [0, 0.1) is 6.92 Å². The third-order valence-electron chi connectivity index (χ3n) is 3.39. The highest BCUT2D eigenvalue weighted by Gasteiger charge is 2.16. The molecule has 1 heterocycles. The van der Waals surface area contributed by atoms with Gasteiger partial charge in [-0.2, -0.15) is 0 Å². The Balaban J connectivity index is 2.21. The topological polar surface area (TPSA) is 34.4 Å². The molecule has 1 aromatic heterocycles. The van der Waals surface area contributed by atoms with Gasteiger partial charge in [0, 0.05) is 0 Å². The van der Waals surface area contributed by atoms with Crippen LogP contribution in [0.5, 0.6) is 5.75 Å². The quantitative estimate of drug-likeness (QED) is 0.831. The van der Waals surface area contributed by atoms with E-state index in [-0.39, 0.29) is 6.04 Å². The second kappa shape index (κ2) is 7.15. The predicted octanol–water partition coefficient (Wildman–Crippen LogP) is 3.88. The highest BCUT2D eigenvalue weighted by Crippen LogP contribution is 2.26. The van der Waals surface area contributed by atoms with Crippen molar-refractivity contribution in [2.24, 2.45) is 0 Å². The molecule has 2 rings (SSSR count). The van der Waals surface area contributed by atoms with Crippen molar-refractivity contribution in [2.75, 3.05) is 13.7 Å². The van der Waals surface area contributed by atoms with Gasteiger partial charge in [-0.3, -0.25) is 0 Å². The third kappa shape index (κ3) is 3.64. The Hall–Kier alpha value is -1.74. The molecule has 108 valence electrons. The van der Waals surface area contributed by atoms with E-state index in [2.05, 4.69) is 31.3 Å². The molecule has 0 spiro atoms. The SMILES string of the molecule is CCCNC(Cc1cc(C)ccc1OC)c1ccco1. The van der Waals surface area contributed by atoms with Crippen LogP contribution in [0.3, 0.4) is 0 Å². The van der Waals surface area contributed by atoms with Crippen LogP contribution in [0.2, 0.25) is 0 Å². The number of methoxy groups -OCH3 is 1. The smallest absolute Gasteiger partial charge is 0.122 e. The molecule has 0 bridgehead atoms. The van der Waals surface area contributed by atoms with Crippen LogP contribution in [0.25, 0.3) is 0 Å². The van der Waals surface area contributed by atoms with Gasteiger partial charge in [0.1, 0.15) is 11.5 Å². The fraction of sp³-hybridized carbons (Fsp3) is 0.412. The monoisotopic (exact) mass is 273 g/mol. The molecule has 3 heteroatoms. The Morgan fingerprint density at radius 3 is 2.80 bits per heavy atom. The van der Waals surface area contributed by atoms with Crippen molar-refractivity contribution in [3.8, 4) is 5.75 Å². The summed E-state index contributed by atoms with van der Waals surface area (Å²) in [6, 6.07) is 10.4. The average molecular weight is 273 g/mol. The fourth-order valence-corrected chi connectivity index (χ4v) is 2.37. The maximum absolute atomic E-state index is 5.57. The van der Waals surface area contributed by atoms with E-state index < -0.39 is 0 Å². The summed E-state index contributed by atoms with van der Waals surface area (Å²) in [7, 11) is 1.72. The summed E-state index contributed by atoms with van der Waals surface area (Å²) < 4.78 is 11.0. The summed E-state index contributed by atoms with van der Waals surface area (Å²) in [5.41, 5.74) is 2.45. The molecule has 0 saturated heterocycles. The number of nitrogens with one attached hydrogen (secondary N) is 1. The molecule has 20 heavy (non-hydrogen) atoms. The lowest BCUT2D eigenvalue weighted by atomic mass is 10.0. The van der Waals surface area contributed by atoms with E-state index in [9.17, 15) is 0 Å². The summed E-state index contributed by atoms with van der Waals surface area (Å²) in [5.74, 6) is 1.91. The van der Waals surface area contributed by atoms with E-state index in [4.69, 9.17) is 9.15 Å². The Bertz CT molecular complexity index is 520. The first-order valence-corrected chi connectivity index (χ1v) is 7.15. The van der Waals surface area contributed by atoms with Gasteiger partial charge in [0.15, 0.2) is 0 Å². The molecule has 0 amide bonds. The highest BCUT2D eigenvalue weighted by molar-refractivity contribution is 5.37. The van der Waals surface area contributed by atoms with Gasteiger partial charge in [-0.15, -0.1) is 0 Å². The molecule has 1 unspecified atom stereocenters. The van der Waals surface area contributed by atoms with Crippen molar-refractivity contribution in [1.82, 2.24) is 5.32 Å². The molecule has 0 aliphatic carbocycles. The van der Waals surface area contributed by atoms with Crippen LogP contribution in [0.1, 0.15) is 36.3 Å². The third-order valence-corrected chi connectivity index (χ3v) is 3.39. The van der Waals surface area contributed by atoms with E-state index in [1.165, 1.54) is 11.1 Å². The van der Waals surface area contributed by atoms with Gasteiger partial charge in [0.2, 0.25) is 0 Å². The van der Waals surface area contributed by atoms with Gasteiger partial charge in [0.05, 0.1) is 19.4 Å². The molecule has 1 aromatic carbocycles. The Morgan fingerprint density at radius 1 is 1.30 bits per heavy atom. The number of hydrogen-bond donors (Lipinski definition) is 1. The minimum absolute atomic E-state index is 0.181. The van der Waals surface area contributed by atoms with E-state index >= 15 is 0 Å². The molecule has 1 atom stereocenters. The Labute approximate surface area is 121 Å². The van der Waals surface area contributed by atoms with Crippen LogP contribution in [-0.2, 0) is 6.42 Å². The zero-order chi connectivity index (χ0) is 14.4. The van der Waals surface area contributed by atoms with Gasteiger partial charge in [0.25, 0.3) is 0 Å². The normalized spacial score (nSPS) is 12.3. The lowest BCUT2D eigenvalue weighted by Gasteiger charge is -2.18. The number of hydrogen-bond acceptors (Lipinski definition) is 3. The van der Waals surface area contributed by atoms with Crippen molar-refractivity contribution in [2.45, 2.75) is 32.7 Å². The van der Waals surface area contributed by atoms with Crippen molar-refractivity contribution in [3.05, 3.63) is 53.5 Å². The standard InChI is InChI=1S/C17H23NO2/c1-4-9-18-15(17-6-5-10-20-17)12-14-11-13(2)7-8-16(14)19-3/h5-8,10-11,15,18H,4,9,12H2,1-3H3. The molecule has 0 aliphatic heterocycles. The van der Waals surface area contributed by atoms with Crippen molar-refractivity contribution in [3.63, 3.8) is 0 Å². The number of benzene rings is 1. The van der Waals surface area contributed by atoms with Crippen molar-refractivity contribution in [1.29, 1.82) is 0 Å². The molecular formula is C17H23NO2. The zero-order valence-corrected chi connectivity index (χ0v) is 12.5. The van der Waals surface area contributed by atoms with Crippen LogP contribution in [0.4, 0.5) is 0 Å². The summed E-state index contributed by atoms with van der Waals surface area (Å²) in [6.45, 7) is 5.24. The summed E-state index contributed by atoms with van der Waals surface area (Å²) in [6.07, 6.45) is 3.68. The first-order chi connectivity index (χ1) is 9.74. The molecule has 0 aliphatic rings. The van der Waals surface area contributed by atoms with E-state index in [1.54, 1.807) is 13.4 Å². The molecule has 2 aromatic rings. The minimum Gasteiger partial charge on any atom is -0.496 e. The second-order valence-corrected chi connectivity index (χ2v) is 5.04. The minimum atomic E-state index is 0.181. The number of aryl methyl sites for hydroxylation is 1. The first-order valence-electron chi connectivity index (χ1n) is 7.15. The van der Waals surface area contributed by atoms with E-state index in [0.29, 0.717) is 0 Å². The molecule has 0 saturated carbocycles. The number of ether oxygens (including phenoxy) is 1. The van der Waals surface area contributed by atoms with Gasteiger partial charge in [-0.05, 0) is 50.1 Å². The van der Waals surface area contributed by atoms with E-state index in [0.717, 1.165) is 30.9 Å². The van der Waals surface area contributed by atoms with Crippen molar-refractivity contribution >= 4 is 0 Å². The van der Waals surface area contributed by atoms with Gasteiger partial charge < -0.3 is 14.5 Å². The summed E-state index contributed by atoms with van der Waals surface area (Å²) >= 11 is 0. The lowest BCUT2D eigenvalue weighted by molar-refractivity contribution is 0.389. The van der Waals surface area contributed by atoms with E-state index in [1.807, 2.05) is 18.2 Å². The molecule has 0 fully saturated rings. The summed E-state index contributed by atoms with van der Waals surface area (Å²) in [4.78, 5) is 0. The largest absolute Gasteiger partial charge is 0.496 e. The van der Waals surface area contributed by atoms with Crippen LogP contribution in [-0.4, -0.2) is 13.7 Å². The Kier molecular flexibility index (Phi) is 5.24. The second-order valence-electron chi connectivity index (χ2n) is 5.04. The maximum Gasteiger partial charge on any atom is 0.122 e. The summed E-state index contributed by atoms with van der Waals surface area (Å²) in [5, 5.41) is 3.54. The van der Waals surface area contributed by atoms with Crippen LogP contribution < -0.4 is 10.1 Å². The molecule has 1 N–H and O–H groups in total. The molecule has 3 nitrogen and oxygen atoms in total. The van der Waals surface area contributed by atoms with Crippen molar-refractivity contribution < 1.29 is 9.15 Å². The predicted molar refractivity (Wildman–Crippen MR) is 81.2 cm³/mol. The maximum atomic E-state index is 5.57. The number of rotatable bonds is 7. The number of furan rings is 1. The van der Waals surface area contributed by atoms with Crippen LogP contribution in [0.15, 0.2) is 41.0 Å². The Morgan fingerprint density at radius 2 is 2.15 bits per heavy atom. The van der Waals surface area contributed by atoms with Gasteiger partial charge in [-0.25, -0.2) is 0 Å². The average Bonchev–Trinajstić information content (AvgIpc) is 2.97. The lowest BCUT2D eigenvalue weighted by Crippen LogP contribution is -2.23. The van der Waals surface area contributed by atoms with Gasteiger partial charge in [-0.1, -0.05) is 24.6 Å². The van der Waals surface area contributed by atoms with Gasteiger partial charge >= 0.3 is 0 Å². The van der Waals surface area contributed by atoms with Crippen LogP contribution >= 0.6 is 0 Å². The fourth-order valence-electron chi connectivity index (χ4n) is 2.37. The zero-order valence-electron chi connectivity index (χ0n) is 12.5.